The van der Waals surface area contributed by atoms with Crippen molar-refractivity contribution in [3.63, 3.8) is 0 Å². The van der Waals surface area contributed by atoms with Gasteiger partial charge in [-0.05, 0) is 63.7 Å². The molecule has 4 rings (SSSR count). The number of rotatable bonds is 5. The molecular weight excluding hydrogens is 358 g/mol. The second-order valence-electron chi connectivity index (χ2n) is 8.49. The first-order chi connectivity index (χ1) is 13.7. The lowest BCUT2D eigenvalue weighted by Gasteiger charge is -2.29. The van der Waals surface area contributed by atoms with Gasteiger partial charge in [-0.15, -0.1) is 0 Å². The smallest absolute Gasteiger partial charge is 0.194 e. The zero-order valence-corrected chi connectivity index (χ0v) is 16.8. The lowest BCUT2D eigenvalue weighted by Crippen LogP contribution is -2.42. The molecule has 1 saturated carbocycles. The van der Waals surface area contributed by atoms with Gasteiger partial charge in [-0.2, -0.15) is 0 Å². The maximum absolute atomic E-state index is 14.1. The summed E-state index contributed by atoms with van der Waals surface area (Å²) in [5.74, 6) is 0.612. The molecule has 28 heavy (non-hydrogen) atoms. The summed E-state index contributed by atoms with van der Waals surface area (Å²) in [4.78, 5) is 9.62. The van der Waals surface area contributed by atoms with E-state index in [4.69, 9.17) is 0 Å². The van der Waals surface area contributed by atoms with E-state index in [1.54, 1.807) is 0 Å². The van der Waals surface area contributed by atoms with Crippen LogP contribution in [0.15, 0.2) is 23.2 Å². The van der Waals surface area contributed by atoms with Gasteiger partial charge < -0.3 is 15.1 Å². The molecule has 2 saturated heterocycles. The van der Waals surface area contributed by atoms with Crippen LogP contribution in [0.25, 0.3) is 0 Å². The molecule has 3 unspecified atom stereocenters. The normalized spacial score (nSPS) is 28.6. The molecule has 4 nitrogen and oxygen atoms in total. The monoisotopic (exact) mass is 390 g/mol. The van der Waals surface area contributed by atoms with Crippen LogP contribution in [0.2, 0.25) is 0 Å². The largest absolute Gasteiger partial charge is 0.353 e. The minimum atomic E-state index is -0.439. The predicted molar refractivity (Wildman–Crippen MR) is 109 cm³/mol. The molecule has 1 aromatic carbocycles. The second-order valence-corrected chi connectivity index (χ2v) is 8.49. The molecule has 154 valence electrons. The van der Waals surface area contributed by atoms with Crippen molar-refractivity contribution in [2.75, 3.05) is 39.3 Å². The van der Waals surface area contributed by atoms with E-state index >= 15 is 0 Å². The maximum atomic E-state index is 14.1. The van der Waals surface area contributed by atoms with E-state index in [1.165, 1.54) is 63.5 Å². The van der Waals surface area contributed by atoms with Gasteiger partial charge in [-0.3, -0.25) is 4.99 Å². The van der Waals surface area contributed by atoms with E-state index in [-0.39, 0.29) is 17.5 Å². The van der Waals surface area contributed by atoms with Crippen molar-refractivity contribution >= 4 is 5.96 Å². The Balaban J connectivity index is 1.33. The Bertz CT molecular complexity index is 682. The summed E-state index contributed by atoms with van der Waals surface area (Å²) in [6.45, 7) is 8.43. The highest BCUT2D eigenvalue weighted by Crippen LogP contribution is 2.43. The topological polar surface area (TPSA) is 30.9 Å². The maximum Gasteiger partial charge on any atom is 0.194 e. The summed E-state index contributed by atoms with van der Waals surface area (Å²) in [5, 5.41) is 3.49. The molecule has 1 aliphatic carbocycles. The van der Waals surface area contributed by atoms with Crippen molar-refractivity contribution in [3.05, 3.63) is 35.4 Å². The minimum absolute atomic E-state index is 0.0674. The number of piperidine rings is 1. The molecule has 2 heterocycles. The molecule has 0 bridgehead atoms. The van der Waals surface area contributed by atoms with Gasteiger partial charge in [-0.25, -0.2) is 8.78 Å². The van der Waals surface area contributed by atoms with Crippen molar-refractivity contribution in [1.29, 1.82) is 0 Å². The molecule has 0 spiro atoms. The third kappa shape index (κ3) is 4.48. The number of hydrogen-bond acceptors (Lipinski definition) is 2. The number of halogens is 2. The Kier molecular flexibility index (Phi) is 6.14. The lowest BCUT2D eigenvalue weighted by molar-refractivity contribution is 0.198. The Morgan fingerprint density at radius 1 is 1.14 bits per heavy atom. The first-order valence-electron chi connectivity index (χ1n) is 10.9. The summed E-state index contributed by atoms with van der Waals surface area (Å²) in [6.07, 6.45) is 5.98. The van der Waals surface area contributed by atoms with Gasteiger partial charge in [0.2, 0.25) is 0 Å². The Hall–Kier alpha value is -1.69. The van der Waals surface area contributed by atoms with E-state index < -0.39 is 11.6 Å². The molecule has 0 aromatic heterocycles. The third-order valence-corrected chi connectivity index (χ3v) is 6.33. The van der Waals surface area contributed by atoms with Crippen molar-refractivity contribution in [1.82, 2.24) is 15.1 Å². The van der Waals surface area contributed by atoms with E-state index in [0.29, 0.717) is 12.5 Å². The van der Waals surface area contributed by atoms with E-state index in [1.807, 2.05) is 6.92 Å². The Morgan fingerprint density at radius 2 is 1.89 bits per heavy atom. The molecule has 6 heteroatoms. The van der Waals surface area contributed by atoms with Crippen LogP contribution in [0, 0.1) is 17.6 Å². The van der Waals surface area contributed by atoms with Gasteiger partial charge in [0.1, 0.15) is 11.6 Å². The van der Waals surface area contributed by atoms with Crippen molar-refractivity contribution < 1.29 is 8.78 Å². The minimum Gasteiger partial charge on any atom is -0.353 e. The van der Waals surface area contributed by atoms with Crippen LogP contribution < -0.4 is 5.32 Å². The van der Waals surface area contributed by atoms with Gasteiger partial charge in [0, 0.05) is 43.7 Å². The SMILES string of the molecule is CCN=C(NC1CC1c1c(F)cccc1F)N1CCC(CN2CCCCC2)C1. The summed E-state index contributed by atoms with van der Waals surface area (Å²) < 4.78 is 28.1. The number of likely N-dealkylation sites (tertiary alicyclic amines) is 2. The lowest BCUT2D eigenvalue weighted by atomic mass is 10.1. The number of benzene rings is 1. The predicted octanol–water partition coefficient (Wildman–Crippen LogP) is 3.59. The highest BCUT2D eigenvalue weighted by molar-refractivity contribution is 5.81. The quantitative estimate of drug-likeness (QED) is 0.616. The van der Waals surface area contributed by atoms with Gasteiger partial charge in [0.25, 0.3) is 0 Å². The fourth-order valence-corrected chi connectivity index (χ4v) is 4.77. The summed E-state index contributed by atoms with van der Waals surface area (Å²) >= 11 is 0. The molecule has 3 aliphatic rings. The van der Waals surface area contributed by atoms with Crippen LogP contribution in [0.3, 0.4) is 0 Å². The fourth-order valence-electron chi connectivity index (χ4n) is 4.77. The highest BCUT2D eigenvalue weighted by Gasteiger charge is 2.43. The molecule has 1 N–H and O–H groups in total. The standard InChI is InChI=1S/C22H32F2N4/c1-2-25-22(26-20-13-17(20)21-18(23)7-6-8-19(21)24)28-12-9-16(15-28)14-27-10-4-3-5-11-27/h6-8,16-17,20H,2-5,9-15H2,1H3,(H,25,26). The third-order valence-electron chi connectivity index (χ3n) is 6.33. The number of aliphatic imine (C=N–C) groups is 1. The summed E-state index contributed by atoms with van der Waals surface area (Å²) in [5.41, 5.74) is 0.222. The molecule has 3 fully saturated rings. The van der Waals surface area contributed by atoms with E-state index in [0.717, 1.165) is 25.5 Å². The first kappa shape index (κ1) is 19.6. The van der Waals surface area contributed by atoms with Crippen LogP contribution in [0.1, 0.15) is 50.5 Å². The number of guanidine groups is 1. The number of nitrogens with zero attached hydrogens (tertiary/aromatic N) is 3. The van der Waals surface area contributed by atoms with Crippen molar-refractivity contribution in [3.8, 4) is 0 Å². The number of nitrogens with one attached hydrogen (secondary N) is 1. The molecular formula is C22H32F2N4. The van der Waals surface area contributed by atoms with E-state index in [2.05, 4.69) is 20.1 Å². The zero-order valence-electron chi connectivity index (χ0n) is 16.8. The van der Waals surface area contributed by atoms with Crippen molar-refractivity contribution in [2.24, 2.45) is 10.9 Å². The van der Waals surface area contributed by atoms with Gasteiger partial charge in [0.15, 0.2) is 5.96 Å². The van der Waals surface area contributed by atoms with Crippen LogP contribution in [0.5, 0.6) is 0 Å². The summed E-state index contributed by atoms with van der Waals surface area (Å²) in [7, 11) is 0. The van der Waals surface area contributed by atoms with Crippen LogP contribution in [-0.4, -0.2) is 61.1 Å². The van der Waals surface area contributed by atoms with Gasteiger partial charge in [0.05, 0.1) is 0 Å². The molecule has 0 amide bonds. The summed E-state index contributed by atoms with van der Waals surface area (Å²) in [6, 6.07) is 4.19. The number of hydrogen-bond donors (Lipinski definition) is 1. The Labute approximate surface area is 167 Å². The first-order valence-corrected chi connectivity index (χ1v) is 10.9. The van der Waals surface area contributed by atoms with E-state index in [9.17, 15) is 8.78 Å². The van der Waals surface area contributed by atoms with Crippen LogP contribution >= 0.6 is 0 Å². The molecule has 3 atom stereocenters. The van der Waals surface area contributed by atoms with Crippen LogP contribution in [0.4, 0.5) is 8.78 Å². The van der Waals surface area contributed by atoms with Gasteiger partial charge in [-0.1, -0.05) is 12.5 Å². The van der Waals surface area contributed by atoms with Gasteiger partial charge >= 0.3 is 0 Å². The Morgan fingerprint density at radius 3 is 2.61 bits per heavy atom. The zero-order chi connectivity index (χ0) is 19.5. The highest BCUT2D eigenvalue weighted by atomic mass is 19.1. The average Bonchev–Trinajstić information content (AvgIpc) is 3.27. The molecule has 2 aliphatic heterocycles. The second kappa shape index (κ2) is 8.76. The molecule has 1 aromatic rings. The average molecular weight is 391 g/mol. The van der Waals surface area contributed by atoms with Crippen molar-refractivity contribution in [2.45, 2.75) is 51.0 Å². The van der Waals surface area contributed by atoms with Crippen LogP contribution in [-0.2, 0) is 0 Å². The fraction of sp³-hybridized carbons (Fsp3) is 0.682. The molecule has 0 radical (unpaired) electrons.